The van der Waals surface area contributed by atoms with Crippen LogP contribution in [0.2, 0.25) is 0 Å². The van der Waals surface area contributed by atoms with Gasteiger partial charge in [-0.3, -0.25) is 4.98 Å². The molecule has 0 saturated carbocycles. The summed E-state index contributed by atoms with van der Waals surface area (Å²) in [7, 11) is 0. The predicted octanol–water partition coefficient (Wildman–Crippen LogP) is 2.68. The van der Waals surface area contributed by atoms with E-state index in [-0.39, 0.29) is 0 Å². The maximum Gasteiger partial charge on any atom is 0.0701 e. The Balaban J connectivity index is 2.54. The molecular formula is C11H9N. The zero-order valence-electron chi connectivity index (χ0n) is 6.64. The molecule has 0 bridgehead atoms. The molecular weight excluding hydrogens is 146 g/mol. The molecule has 1 heteroatoms. The van der Waals surface area contributed by atoms with Crippen LogP contribution in [0.4, 0.5) is 0 Å². The van der Waals surface area contributed by atoms with E-state index in [9.17, 15) is 0 Å². The minimum absolute atomic E-state index is 1.03. The summed E-state index contributed by atoms with van der Waals surface area (Å²) in [6, 6.07) is 4.00. The molecule has 0 aliphatic heterocycles. The number of rotatable bonds is 0. The standard InChI is InChI=1S/C11H9N/c1-2-4-8-11-10(6-3-1)7-5-9-12-11/h1-9H. The molecule has 12 heavy (non-hydrogen) atoms. The lowest BCUT2D eigenvalue weighted by molar-refractivity contribution is 1.28. The van der Waals surface area contributed by atoms with E-state index in [0.717, 1.165) is 11.3 Å². The van der Waals surface area contributed by atoms with Crippen LogP contribution in [0, 0.1) is 0 Å². The maximum atomic E-state index is 4.25. The molecule has 0 fully saturated rings. The van der Waals surface area contributed by atoms with Crippen LogP contribution in [0.3, 0.4) is 0 Å². The Morgan fingerprint density at radius 2 is 1.75 bits per heavy atom. The smallest absolute Gasteiger partial charge is 0.0701 e. The lowest BCUT2D eigenvalue weighted by atomic mass is 10.1. The Labute approximate surface area is 71.8 Å². The van der Waals surface area contributed by atoms with Crippen molar-refractivity contribution in [1.29, 1.82) is 0 Å². The van der Waals surface area contributed by atoms with Gasteiger partial charge in [0.1, 0.15) is 0 Å². The van der Waals surface area contributed by atoms with Crippen LogP contribution in [0.25, 0.3) is 12.2 Å². The molecule has 0 spiro atoms. The number of pyridine rings is 1. The Morgan fingerprint density at radius 3 is 2.67 bits per heavy atom. The molecule has 0 aromatic carbocycles. The van der Waals surface area contributed by atoms with Gasteiger partial charge < -0.3 is 0 Å². The lowest BCUT2D eigenvalue weighted by Gasteiger charge is -1.98. The van der Waals surface area contributed by atoms with Crippen molar-refractivity contribution in [2.24, 2.45) is 0 Å². The molecule has 0 radical (unpaired) electrons. The van der Waals surface area contributed by atoms with Crippen LogP contribution >= 0.6 is 0 Å². The second-order valence-electron chi connectivity index (χ2n) is 2.58. The summed E-state index contributed by atoms with van der Waals surface area (Å²) in [6.07, 6.45) is 13.9. The van der Waals surface area contributed by atoms with E-state index >= 15 is 0 Å². The van der Waals surface area contributed by atoms with E-state index in [0.29, 0.717) is 0 Å². The van der Waals surface area contributed by atoms with Gasteiger partial charge in [-0.25, -0.2) is 0 Å². The number of fused-ring (bicyclic) bond motifs is 1. The van der Waals surface area contributed by atoms with E-state index in [4.69, 9.17) is 0 Å². The zero-order chi connectivity index (χ0) is 8.23. The lowest BCUT2D eigenvalue weighted by Crippen LogP contribution is -1.84. The molecule has 2 rings (SSSR count). The normalized spacial score (nSPS) is 13.7. The van der Waals surface area contributed by atoms with Crippen molar-refractivity contribution in [3.63, 3.8) is 0 Å². The highest BCUT2D eigenvalue weighted by Crippen LogP contribution is 2.11. The van der Waals surface area contributed by atoms with Crippen LogP contribution < -0.4 is 0 Å². The average molecular weight is 155 g/mol. The molecule has 1 aromatic rings. The minimum Gasteiger partial charge on any atom is -0.256 e. The topological polar surface area (TPSA) is 12.9 Å². The van der Waals surface area contributed by atoms with Crippen molar-refractivity contribution >= 4 is 12.2 Å². The SMILES string of the molecule is C1=CC=Cc2ncccc2C=C1. The molecule has 1 heterocycles. The van der Waals surface area contributed by atoms with Crippen molar-refractivity contribution in [2.75, 3.05) is 0 Å². The van der Waals surface area contributed by atoms with Gasteiger partial charge in [-0.15, -0.1) is 0 Å². The van der Waals surface area contributed by atoms with Crippen molar-refractivity contribution in [1.82, 2.24) is 4.98 Å². The van der Waals surface area contributed by atoms with Crippen molar-refractivity contribution in [3.8, 4) is 0 Å². The minimum atomic E-state index is 1.03. The van der Waals surface area contributed by atoms with Gasteiger partial charge in [0.2, 0.25) is 0 Å². The Bertz CT molecular complexity index is 324. The van der Waals surface area contributed by atoms with Gasteiger partial charge in [0.15, 0.2) is 0 Å². The van der Waals surface area contributed by atoms with Gasteiger partial charge in [-0.1, -0.05) is 36.4 Å². The van der Waals surface area contributed by atoms with E-state index in [1.165, 1.54) is 0 Å². The van der Waals surface area contributed by atoms with E-state index < -0.39 is 0 Å². The van der Waals surface area contributed by atoms with Crippen LogP contribution in [0.15, 0.2) is 42.6 Å². The zero-order valence-corrected chi connectivity index (χ0v) is 6.64. The first-order chi connectivity index (χ1) is 5.97. The number of nitrogens with zero attached hydrogens (tertiary/aromatic N) is 1. The second-order valence-corrected chi connectivity index (χ2v) is 2.58. The molecule has 1 aliphatic carbocycles. The Kier molecular flexibility index (Phi) is 1.87. The van der Waals surface area contributed by atoms with Crippen LogP contribution in [0.5, 0.6) is 0 Å². The molecule has 1 aliphatic rings. The quantitative estimate of drug-likeness (QED) is 0.561. The molecule has 0 amide bonds. The third-order valence-corrected chi connectivity index (χ3v) is 1.73. The fourth-order valence-electron chi connectivity index (χ4n) is 1.14. The Hall–Kier alpha value is -1.63. The largest absolute Gasteiger partial charge is 0.256 e. The number of aromatic nitrogens is 1. The number of allylic oxidation sites excluding steroid dienone is 4. The fourth-order valence-corrected chi connectivity index (χ4v) is 1.14. The highest BCUT2D eigenvalue weighted by atomic mass is 14.7. The summed E-state index contributed by atoms with van der Waals surface area (Å²) in [5, 5.41) is 0. The molecule has 0 unspecified atom stereocenters. The molecule has 0 saturated heterocycles. The van der Waals surface area contributed by atoms with Gasteiger partial charge >= 0.3 is 0 Å². The fraction of sp³-hybridized carbons (Fsp3) is 0. The van der Waals surface area contributed by atoms with Gasteiger partial charge in [0.05, 0.1) is 5.69 Å². The highest BCUT2D eigenvalue weighted by Gasteiger charge is 1.94. The van der Waals surface area contributed by atoms with Crippen LogP contribution in [-0.2, 0) is 0 Å². The van der Waals surface area contributed by atoms with Crippen molar-refractivity contribution < 1.29 is 0 Å². The summed E-state index contributed by atoms with van der Waals surface area (Å²) in [4.78, 5) is 4.25. The van der Waals surface area contributed by atoms with Gasteiger partial charge in [0.25, 0.3) is 0 Å². The van der Waals surface area contributed by atoms with Crippen LogP contribution in [0.1, 0.15) is 11.3 Å². The third kappa shape index (κ3) is 1.35. The molecule has 1 nitrogen and oxygen atoms in total. The number of hydrogen-bond donors (Lipinski definition) is 0. The van der Waals surface area contributed by atoms with E-state index in [1.54, 1.807) is 0 Å². The molecule has 0 atom stereocenters. The average Bonchev–Trinajstić information content (AvgIpc) is 2.06. The summed E-state index contributed by atoms with van der Waals surface area (Å²) >= 11 is 0. The van der Waals surface area contributed by atoms with Gasteiger partial charge in [-0.2, -0.15) is 0 Å². The van der Waals surface area contributed by atoms with E-state index in [2.05, 4.69) is 17.1 Å². The Morgan fingerprint density at radius 1 is 0.917 bits per heavy atom. The van der Waals surface area contributed by atoms with Crippen molar-refractivity contribution in [2.45, 2.75) is 0 Å². The van der Waals surface area contributed by atoms with Gasteiger partial charge in [-0.05, 0) is 12.1 Å². The van der Waals surface area contributed by atoms with E-state index in [1.807, 2.05) is 42.6 Å². The summed E-state index contributed by atoms with van der Waals surface area (Å²) < 4.78 is 0. The summed E-state index contributed by atoms with van der Waals surface area (Å²) in [5.41, 5.74) is 2.19. The molecule has 58 valence electrons. The monoisotopic (exact) mass is 155 g/mol. The number of hydrogen-bond acceptors (Lipinski definition) is 1. The first kappa shape index (κ1) is 7.04. The third-order valence-electron chi connectivity index (χ3n) is 1.73. The summed E-state index contributed by atoms with van der Waals surface area (Å²) in [6.45, 7) is 0. The first-order valence-corrected chi connectivity index (χ1v) is 3.93. The predicted molar refractivity (Wildman–Crippen MR) is 51.4 cm³/mol. The molecule has 1 aromatic heterocycles. The highest BCUT2D eigenvalue weighted by molar-refractivity contribution is 5.64. The second kappa shape index (κ2) is 3.18. The maximum absolute atomic E-state index is 4.25. The van der Waals surface area contributed by atoms with Crippen molar-refractivity contribution in [3.05, 3.63) is 53.9 Å². The van der Waals surface area contributed by atoms with Crippen LogP contribution in [-0.4, -0.2) is 4.98 Å². The first-order valence-electron chi connectivity index (χ1n) is 3.93. The summed E-state index contributed by atoms with van der Waals surface area (Å²) in [5.74, 6) is 0. The van der Waals surface area contributed by atoms with Gasteiger partial charge in [0, 0.05) is 11.8 Å². The molecule has 0 N–H and O–H groups in total.